The van der Waals surface area contributed by atoms with E-state index < -0.39 is 0 Å². The van der Waals surface area contributed by atoms with Crippen molar-refractivity contribution in [1.82, 2.24) is 23.1 Å². The topological polar surface area (TPSA) is 66.2 Å². The zero-order valence-electron chi connectivity index (χ0n) is 16.1. The van der Waals surface area contributed by atoms with Crippen LogP contribution in [-0.2, 0) is 20.6 Å². The zero-order valence-corrected chi connectivity index (χ0v) is 16.9. The summed E-state index contributed by atoms with van der Waals surface area (Å²) in [6.45, 7) is 2.94. The Morgan fingerprint density at radius 1 is 1.04 bits per heavy atom. The lowest BCUT2D eigenvalue weighted by Crippen LogP contribution is -2.37. The van der Waals surface area contributed by atoms with Crippen LogP contribution in [0.3, 0.4) is 0 Å². The number of rotatable bonds is 5. The largest absolute Gasteiger partial charge is 0.332 e. The van der Waals surface area contributed by atoms with Crippen LogP contribution in [0.2, 0.25) is 5.02 Å². The summed E-state index contributed by atoms with van der Waals surface area (Å²) in [6, 6.07) is 7.63. The van der Waals surface area contributed by atoms with Crippen molar-refractivity contribution >= 4 is 28.5 Å². The quantitative estimate of drug-likeness (QED) is 0.484. The standard InChI is InChI=1S/C20H22ClN5O2/c1-4-5-6-11-25-15(13-7-9-14(21)10-8-13)12-26-16-17(22-19(25)26)23(2)20(28)24(3)18(16)27/h7-10,12H,4-6,11H2,1-3H3. The van der Waals surface area contributed by atoms with E-state index in [4.69, 9.17) is 11.6 Å². The van der Waals surface area contributed by atoms with Crippen LogP contribution in [0.4, 0.5) is 0 Å². The maximum Gasteiger partial charge on any atom is 0.332 e. The van der Waals surface area contributed by atoms with Crippen molar-refractivity contribution in [2.75, 3.05) is 0 Å². The average Bonchev–Trinajstić information content (AvgIpc) is 3.22. The van der Waals surface area contributed by atoms with Crippen LogP contribution >= 0.6 is 11.6 Å². The first-order valence-electron chi connectivity index (χ1n) is 9.37. The van der Waals surface area contributed by atoms with E-state index in [0.717, 1.165) is 41.6 Å². The van der Waals surface area contributed by atoms with Crippen LogP contribution in [0, 0.1) is 0 Å². The van der Waals surface area contributed by atoms with Gasteiger partial charge in [-0.3, -0.25) is 18.3 Å². The molecule has 0 atom stereocenters. The molecule has 1 aromatic carbocycles. The molecule has 3 aromatic heterocycles. The maximum absolute atomic E-state index is 12.8. The number of fused-ring (bicyclic) bond motifs is 3. The fourth-order valence-electron chi connectivity index (χ4n) is 3.61. The van der Waals surface area contributed by atoms with Gasteiger partial charge in [0, 0.05) is 31.9 Å². The van der Waals surface area contributed by atoms with Gasteiger partial charge in [-0.1, -0.05) is 43.5 Å². The Morgan fingerprint density at radius 3 is 2.43 bits per heavy atom. The average molecular weight is 400 g/mol. The predicted molar refractivity (Wildman–Crippen MR) is 111 cm³/mol. The summed E-state index contributed by atoms with van der Waals surface area (Å²) in [4.78, 5) is 29.7. The fourth-order valence-corrected chi connectivity index (χ4v) is 3.73. The van der Waals surface area contributed by atoms with Gasteiger partial charge in [0.2, 0.25) is 5.78 Å². The molecule has 0 aliphatic rings. The highest BCUT2D eigenvalue weighted by molar-refractivity contribution is 6.30. The van der Waals surface area contributed by atoms with Gasteiger partial charge in [-0.05, 0) is 24.1 Å². The van der Waals surface area contributed by atoms with Crippen molar-refractivity contribution < 1.29 is 0 Å². The SMILES string of the molecule is CCCCCn1c(-c2ccc(Cl)cc2)cn2c3c(=O)n(C)c(=O)n(C)c3nc12. The van der Waals surface area contributed by atoms with Crippen molar-refractivity contribution in [2.45, 2.75) is 32.7 Å². The second kappa shape index (κ2) is 6.98. The van der Waals surface area contributed by atoms with Crippen molar-refractivity contribution in [3.05, 3.63) is 56.3 Å². The smallest absolute Gasteiger partial charge is 0.310 e. The van der Waals surface area contributed by atoms with Gasteiger partial charge in [0.15, 0.2) is 11.2 Å². The van der Waals surface area contributed by atoms with Gasteiger partial charge in [0.25, 0.3) is 5.56 Å². The number of hydrogen-bond donors (Lipinski definition) is 0. The molecule has 8 heteroatoms. The molecule has 4 aromatic rings. The highest BCUT2D eigenvalue weighted by Crippen LogP contribution is 2.27. The summed E-state index contributed by atoms with van der Waals surface area (Å²) < 4.78 is 6.45. The molecular formula is C20H22ClN5O2. The van der Waals surface area contributed by atoms with Crippen LogP contribution in [0.25, 0.3) is 28.2 Å². The van der Waals surface area contributed by atoms with Gasteiger partial charge in [-0.25, -0.2) is 4.79 Å². The summed E-state index contributed by atoms with van der Waals surface area (Å²) in [5, 5.41) is 0.673. The Kier molecular flexibility index (Phi) is 4.63. The molecule has 0 N–H and O–H groups in total. The minimum Gasteiger partial charge on any atom is -0.310 e. The highest BCUT2D eigenvalue weighted by atomic mass is 35.5. The second-order valence-electron chi connectivity index (χ2n) is 7.04. The normalized spacial score (nSPS) is 11.7. The lowest BCUT2D eigenvalue weighted by atomic mass is 10.1. The summed E-state index contributed by atoms with van der Waals surface area (Å²) >= 11 is 6.05. The molecule has 0 saturated carbocycles. The van der Waals surface area contributed by atoms with Crippen LogP contribution in [0.1, 0.15) is 26.2 Å². The Morgan fingerprint density at radius 2 is 1.75 bits per heavy atom. The van der Waals surface area contributed by atoms with Crippen molar-refractivity contribution in [2.24, 2.45) is 14.1 Å². The molecular weight excluding hydrogens is 378 g/mol. The molecule has 0 spiro atoms. The highest BCUT2D eigenvalue weighted by Gasteiger charge is 2.20. The molecule has 0 bridgehead atoms. The Bertz CT molecular complexity index is 1290. The monoisotopic (exact) mass is 399 g/mol. The van der Waals surface area contributed by atoms with E-state index >= 15 is 0 Å². The molecule has 0 unspecified atom stereocenters. The van der Waals surface area contributed by atoms with Crippen LogP contribution in [-0.4, -0.2) is 23.1 Å². The summed E-state index contributed by atoms with van der Waals surface area (Å²) in [6.07, 6.45) is 5.14. The molecule has 3 heterocycles. The van der Waals surface area contributed by atoms with Gasteiger partial charge in [-0.2, -0.15) is 4.98 Å². The number of hydrogen-bond acceptors (Lipinski definition) is 3. The van der Waals surface area contributed by atoms with Crippen molar-refractivity contribution in [1.29, 1.82) is 0 Å². The van der Waals surface area contributed by atoms with Crippen LogP contribution in [0.15, 0.2) is 40.1 Å². The molecule has 146 valence electrons. The van der Waals surface area contributed by atoms with E-state index in [0.29, 0.717) is 22.0 Å². The van der Waals surface area contributed by atoms with Gasteiger partial charge < -0.3 is 4.57 Å². The van der Waals surface area contributed by atoms with E-state index in [1.807, 2.05) is 30.5 Å². The van der Waals surface area contributed by atoms with Gasteiger partial charge in [-0.15, -0.1) is 0 Å². The number of aryl methyl sites for hydroxylation is 2. The zero-order chi connectivity index (χ0) is 20.0. The first kappa shape index (κ1) is 18.6. The first-order valence-corrected chi connectivity index (χ1v) is 9.75. The number of unbranched alkanes of at least 4 members (excludes halogenated alkanes) is 2. The summed E-state index contributed by atoms with van der Waals surface area (Å²) in [5.41, 5.74) is 2.04. The number of halogens is 1. The lowest BCUT2D eigenvalue weighted by molar-refractivity contribution is 0.615. The maximum atomic E-state index is 12.8. The fraction of sp³-hybridized carbons (Fsp3) is 0.350. The molecule has 0 radical (unpaired) electrons. The first-order chi connectivity index (χ1) is 13.4. The van der Waals surface area contributed by atoms with Gasteiger partial charge >= 0.3 is 5.69 Å². The molecule has 0 aliphatic heterocycles. The molecule has 28 heavy (non-hydrogen) atoms. The molecule has 7 nitrogen and oxygen atoms in total. The van der Waals surface area contributed by atoms with Crippen LogP contribution < -0.4 is 11.2 Å². The molecule has 0 aliphatic carbocycles. The third kappa shape index (κ3) is 2.77. The van der Waals surface area contributed by atoms with Crippen LogP contribution in [0.5, 0.6) is 0 Å². The Hall–Kier alpha value is -2.80. The van der Waals surface area contributed by atoms with Crippen molar-refractivity contribution in [3.63, 3.8) is 0 Å². The Labute approximate surface area is 166 Å². The van der Waals surface area contributed by atoms with Gasteiger partial charge in [0.1, 0.15) is 0 Å². The van der Waals surface area contributed by atoms with E-state index in [-0.39, 0.29) is 11.2 Å². The number of nitrogens with zero attached hydrogens (tertiary/aromatic N) is 5. The molecule has 0 fully saturated rings. The number of imidazole rings is 2. The second-order valence-corrected chi connectivity index (χ2v) is 7.48. The Balaban J connectivity index is 2.04. The molecule has 4 rings (SSSR count). The third-order valence-corrected chi connectivity index (χ3v) is 5.43. The summed E-state index contributed by atoms with van der Waals surface area (Å²) in [5.74, 6) is 0.661. The van der Waals surface area contributed by atoms with E-state index in [1.165, 1.54) is 11.6 Å². The van der Waals surface area contributed by atoms with E-state index in [9.17, 15) is 9.59 Å². The van der Waals surface area contributed by atoms with Gasteiger partial charge in [0.05, 0.1) is 5.69 Å². The van der Waals surface area contributed by atoms with Crippen molar-refractivity contribution in [3.8, 4) is 11.3 Å². The third-order valence-electron chi connectivity index (χ3n) is 5.18. The van der Waals surface area contributed by atoms with E-state index in [2.05, 4.69) is 16.5 Å². The molecule has 0 amide bonds. The predicted octanol–water partition coefficient (Wildman–Crippen LogP) is 3.20. The van der Waals surface area contributed by atoms with E-state index in [1.54, 1.807) is 11.4 Å². The number of benzene rings is 1. The minimum atomic E-state index is -0.381. The minimum absolute atomic E-state index is 0.348. The molecule has 0 saturated heterocycles. The number of aromatic nitrogens is 5. The lowest BCUT2D eigenvalue weighted by Gasteiger charge is -2.09. The summed E-state index contributed by atoms with van der Waals surface area (Å²) in [7, 11) is 3.12.